The topological polar surface area (TPSA) is 63.1 Å². The Hall–Kier alpha value is -2.70. The van der Waals surface area contributed by atoms with Crippen LogP contribution in [0.3, 0.4) is 0 Å². The number of hydrogen-bond donors (Lipinski definition) is 1. The van der Waals surface area contributed by atoms with Gasteiger partial charge in [0.25, 0.3) is 5.91 Å². The van der Waals surface area contributed by atoms with Crippen molar-refractivity contribution in [3.63, 3.8) is 0 Å². The van der Waals surface area contributed by atoms with E-state index in [0.717, 1.165) is 24.3 Å². The first-order valence-corrected chi connectivity index (χ1v) is 9.73. The first-order valence-electron chi connectivity index (χ1n) is 9.35. The van der Waals surface area contributed by atoms with E-state index in [2.05, 4.69) is 34.1 Å². The summed E-state index contributed by atoms with van der Waals surface area (Å²) in [6, 6.07) is 15.1. The van der Waals surface area contributed by atoms with Crippen molar-refractivity contribution in [3.8, 4) is 5.69 Å². The molecule has 1 unspecified atom stereocenters. The molecule has 28 heavy (non-hydrogen) atoms. The van der Waals surface area contributed by atoms with Gasteiger partial charge in [-0.1, -0.05) is 43.6 Å². The number of nitrogens with zero attached hydrogens (tertiary/aromatic N) is 4. The number of carbonyl (C=O) groups excluding carboxylic acids is 1. The monoisotopic (exact) mass is 397 g/mol. The zero-order chi connectivity index (χ0) is 19.9. The van der Waals surface area contributed by atoms with E-state index in [4.69, 9.17) is 11.6 Å². The molecule has 0 aliphatic heterocycles. The van der Waals surface area contributed by atoms with Crippen LogP contribution in [0.2, 0.25) is 5.02 Å². The van der Waals surface area contributed by atoms with Gasteiger partial charge in [-0.15, -0.1) is 0 Å². The highest BCUT2D eigenvalue weighted by molar-refractivity contribution is 6.31. The quantitative estimate of drug-likeness (QED) is 0.629. The predicted octanol–water partition coefficient (Wildman–Crippen LogP) is 3.73. The Labute approximate surface area is 170 Å². The highest BCUT2D eigenvalue weighted by Crippen LogP contribution is 2.27. The lowest BCUT2D eigenvalue weighted by Gasteiger charge is -2.31. The molecule has 0 bridgehead atoms. The van der Waals surface area contributed by atoms with Crippen LogP contribution in [0.5, 0.6) is 0 Å². The number of hydrogen-bond acceptors (Lipinski definition) is 4. The van der Waals surface area contributed by atoms with Gasteiger partial charge in [0.05, 0.1) is 11.7 Å². The second kappa shape index (κ2) is 9.48. The van der Waals surface area contributed by atoms with Crippen molar-refractivity contribution in [2.24, 2.45) is 0 Å². The zero-order valence-electron chi connectivity index (χ0n) is 16.0. The number of carbonyl (C=O) groups is 1. The number of halogens is 1. The molecule has 2 aromatic carbocycles. The minimum atomic E-state index is -0.116. The van der Waals surface area contributed by atoms with E-state index in [-0.39, 0.29) is 11.9 Å². The van der Waals surface area contributed by atoms with Crippen LogP contribution in [-0.2, 0) is 0 Å². The van der Waals surface area contributed by atoms with Crippen molar-refractivity contribution in [1.82, 2.24) is 25.0 Å². The smallest absolute Gasteiger partial charge is 0.251 e. The van der Waals surface area contributed by atoms with E-state index >= 15 is 0 Å². The van der Waals surface area contributed by atoms with Crippen LogP contribution in [0.15, 0.2) is 61.2 Å². The Morgan fingerprint density at radius 2 is 1.86 bits per heavy atom. The maximum Gasteiger partial charge on any atom is 0.251 e. The van der Waals surface area contributed by atoms with Crippen molar-refractivity contribution >= 4 is 17.5 Å². The Kier molecular flexibility index (Phi) is 6.79. The summed E-state index contributed by atoms with van der Waals surface area (Å²) >= 11 is 6.42. The Morgan fingerprint density at radius 3 is 2.46 bits per heavy atom. The molecule has 146 valence electrons. The van der Waals surface area contributed by atoms with Gasteiger partial charge in [0.1, 0.15) is 12.7 Å². The summed E-state index contributed by atoms with van der Waals surface area (Å²) in [5.41, 5.74) is 2.47. The average Bonchev–Trinajstić information content (AvgIpc) is 3.26. The van der Waals surface area contributed by atoms with Gasteiger partial charge in [0.15, 0.2) is 0 Å². The van der Waals surface area contributed by atoms with E-state index in [9.17, 15) is 4.79 Å². The molecule has 1 atom stereocenters. The maximum absolute atomic E-state index is 12.7. The third-order valence-corrected chi connectivity index (χ3v) is 5.13. The molecule has 0 spiro atoms. The van der Waals surface area contributed by atoms with Crippen molar-refractivity contribution < 1.29 is 4.79 Å². The van der Waals surface area contributed by atoms with E-state index < -0.39 is 0 Å². The van der Waals surface area contributed by atoms with Crippen molar-refractivity contribution in [1.29, 1.82) is 0 Å². The van der Waals surface area contributed by atoms with Gasteiger partial charge in [-0.2, -0.15) is 5.10 Å². The lowest BCUT2D eigenvalue weighted by molar-refractivity contribution is 0.0935. The van der Waals surface area contributed by atoms with Crippen molar-refractivity contribution in [2.75, 3.05) is 19.6 Å². The summed E-state index contributed by atoms with van der Waals surface area (Å²) in [5, 5.41) is 7.86. The van der Waals surface area contributed by atoms with Crippen LogP contribution < -0.4 is 5.32 Å². The molecule has 3 aromatic rings. The largest absolute Gasteiger partial charge is 0.350 e. The van der Waals surface area contributed by atoms with E-state index in [1.165, 1.54) is 6.33 Å². The van der Waals surface area contributed by atoms with Crippen LogP contribution in [0.1, 0.15) is 35.8 Å². The molecule has 7 heteroatoms. The summed E-state index contributed by atoms with van der Waals surface area (Å²) in [6.07, 6.45) is 3.09. The van der Waals surface area contributed by atoms with Crippen molar-refractivity contribution in [3.05, 3.63) is 77.3 Å². The standard InChI is InChI=1S/C21H24ClN5O/c1-3-26(4-2)20(18-7-5-6-8-19(18)22)13-24-21(28)16-9-11-17(12-10-16)27-15-23-14-25-27/h5-12,14-15,20H,3-4,13H2,1-2H3,(H,24,28). The van der Waals surface area contributed by atoms with Gasteiger partial charge in [0.2, 0.25) is 0 Å². The molecular formula is C21H24ClN5O. The highest BCUT2D eigenvalue weighted by Gasteiger charge is 2.21. The fourth-order valence-electron chi connectivity index (χ4n) is 3.24. The summed E-state index contributed by atoms with van der Waals surface area (Å²) in [4.78, 5) is 18.9. The summed E-state index contributed by atoms with van der Waals surface area (Å²) in [6.45, 7) is 6.44. The molecular weight excluding hydrogens is 374 g/mol. The Balaban J connectivity index is 1.72. The zero-order valence-corrected chi connectivity index (χ0v) is 16.8. The van der Waals surface area contributed by atoms with Crippen LogP contribution >= 0.6 is 11.6 Å². The van der Waals surface area contributed by atoms with E-state index in [0.29, 0.717) is 17.1 Å². The van der Waals surface area contributed by atoms with Crippen LogP contribution in [0.25, 0.3) is 5.69 Å². The molecule has 0 aliphatic carbocycles. The summed E-state index contributed by atoms with van der Waals surface area (Å²) in [7, 11) is 0. The van der Waals surface area contributed by atoms with Crippen LogP contribution in [0, 0.1) is 0 Å². The minimum Gasteiger partial charge on any atom is -0.350 e. The second-order valence-corrected chi connectivity index (χ2v) is 6.76. The van der Waals surface area contributed by atoms with Gasteiger partial charge in [0, 0.05) is 17.1 Å². The molecule has 1 aromatic heterocycles. The third-order valence-electron chi connectivity index (χ3n) is 4.79. The minimum absolute atomic E-state index is 0.0158. The van der Waals surface area contributed by atoms with E-state index in [1.54, 1.807) is 23.1 Å². The second-order valence-electron chi connectivity index (χ2n) is 6.36. The lowest BCUT2D eigenvalue weighted by Crippen LogP contribution is -2.38. The molecule has 1 N–H and O–H groups in total. The SMILES string of the molecule is CCN(CC)C(CNC(=O)c1ccc(-n2cncn2)cc1)c1ccccc1Cl. The number of benzene rings is 2. The predicted molar refractivity (Wildman–Crippen MR) is 111 cm³/mol. The number of aromatic nitrogens is 3. The molecule has 0 aliphatic rings. The molecule has 0 saturated heterocycles. The highest BCUT2D eigenvalue weighted by atomic mass is 35.5. The summed E-state index contributed by atoms with van der Waals surface area (Å²) < 4.78 is 1.65. The molecule has 0 fully saturated rings. The van der Waals surface area contributed by atoms with Crippen molar-refractivity contribution in [2.45, 2.75) is 19.9 Å². The van der Waals surface area contributed by atoms with Gasteiger partial charge < -0.3 is 5.32 Å². The van der Waals surface area contributed by atoms with Gasteiger partial charge >= 0.3 is 0 Å². The average molecular weight is 398 g/mol. The first-order chi connectivity index (χ1) is 13.6. The van der Waals surface area contributed by atoms with Gasteiger partial charge in [-0.3, -0.25) is 9.69 Å². The fourth-order valence-corrected chi connectivity index (χ4v) is 3.51. The molecule has 0 radical (unpaired) electrons. The number of rotatable bonds is 8. The van der Waals surface area contributed by atoms with Crippen LogP contribution in [-0.4, -0.2) is 45.2 Å². The van der Waals surface area contributed by atoms with Gasteiger partial charge in [-0.25, -0.2) is 9.67 Å². The maximum atomic E-state index is 12.7. The molecule has 6 nitrogen and oxygen atoms in total. The number of nitrogens with one attached hydrogen (secondary N) is 1. The molecule has 3 rings (SSSR count). The molecule has 1 heterocycles. The number of amides is 1. The number of likely N-dealkylation sites (N-methyl/N-ethyl adjacent to an activating group) is 1. The Bertz CT molecular complexity index is 891. The molecule has 0 saturated carbocycles. The normalized spacial score (nSPS) is 12.1. The summed E-state index contributed by atoms with van der Waals surface area (Å²) in [5.74, 6) is -0.116. The lowest BCUT2D eigenvalue weighted by atomic mass is 10.0. The first kappa shape index (κ1) is 20.0. The van der Waals surface area contributed by atoms with Crippen LogP contribution in [0.4, 0.5) is 0 Å². The third kappa shape index (κ3) is 4.58. The van der Waals surface area contributed by atoms with Gasteiger partial charge in [-0.05, 0) is 49.0 Å². The fraction of sp³-hybridized carbons (Fsp3) is 0.286. The molecule has 1 amide bonds. The Morgan fingerprint density at radius 1 is 1.14 bits per heavy atom. The van der Waals surface area contributed by atoms with E-state index in [1.807, 2.05) is 36.4 Å².